The van der Waals surface area contributed by atoms with Gasteiger partial charge in [0.1, 0.15) is 5.82 Å². The molecule has 0 aliphatic rings. The van der Waals surface area contributed by atoms with E-state index in [1.807, 2.05) is 25.1 Å². The second-order valence-corrected chi connectivity index (χ2v) is 4.46. The molecule has 2 N–H and O–H groups in total. The molecule has 1 aromatic heterocycles. The second kappa shape index (κ2) is 6.53. The van der Waals surface area contributed by atoms with Crippen LogP contribution in [0.25, 0.3) is 0 Å². The number of nitrogens with zero attached hydrogens (tertiary/aromatic N) is 3. The van der Waals surface area contributed by atoms with Crippen LogP contribution in [-0.2, 0) is 0 Å². The third kappa shape index (κ3) is 3.69. The highest BCUT2D eigenvalue weighted by molar-refractivity contribution is 5.58. The predicted molar refractivity (Wildman–Crippen MR) is 80.0 cm³/mol. The fraction of sp³-hybridized carbons (Fsp3) is 0.267. The molecular weight excluding hydrogens is 250 g/mol. The molecule has 0 aliphatic heterocycles. The largest absolute Gasteiger partial charge is 0.354 e. The van der Waals surface area contributed by atoms with E-state index in [0.717, 1.165) is 30.2 Å². The molecule has 20 heavy (non-hydrogen) atoms. The van der Waals surface area contributed by atoms with Gasteiger partial charge < -0.3 is 10.6 Å². The summed E-state index contributed by atoms with van der Waals surface area (Å²) in [5, 5.41) is 15.2. The van der Waals surface area contributed by atoms with E-state index in [-0.39, 0.29) is 0 Å². The molecule has 1 aromatic carbocycles. The summed E-state index contributed by atoms with van der Waals surface area (Å²) < 4.78 is 0. The zero-order chi connectivity index (χ0) is 14.4. The normalized spacial score (nSPS) is 9.85. The third-order valence-corrected chi connectivity index (χ3v) is 2.67. The maximum atomic E-state index is 8.77. The molecule has 2 aromatic rings. The first-order valence-corrected chi connectivity index (χ1v) is 6.58. The highest BCUT2D eigenvalue weighted by Crippen LogP contribution is 2.17. The van der Waals surface area contributed by atoms with Crippen LogP contribution in [0.4, 0.5) is 17.5 Å². The highest BCUT2D eigenvalue weighted by atomic mass is 15.1. The van der Waals surface area contributed by atoms with E-state index in [0.29, 0.717) is 11.5 Å². The molecule has 102 valence electrons. The summed E-state index contributed by atoms with van der Waals surface area (Å²) >= 11 is 0. The lowest BCUT2D eigenvalue weighted by atomic mass is 10.2. The van der Waals surface area contributed by atoms with Gasteiger partial charge >= 0.3 is 0 Å². The molecule has 1 heterocycles. The lowest BCUT2D eigenvalue weighted by molar-refractivity contribution is 0.947. The molecular formula is C15H17N5. The lowest BCUT2D eigenvalue weighted by Crippen LogP contribution is -2.06. The Bertz CT molecular complexity index is 613. The summed E-state index contributed by atoms with van der Waals surface area (Å²) in [6, 6.07) is 11.2. The van der Waals surface area contributed by atoms with Gasteiger partial charge in [-0.05, 0) is 37.6 Å². The van der Waals surface area contributed by atoms with Crippen LogP contribution in [0.15, 0.2) is 30.3 Å². The van der Waals surface area contributed by atoms with Gasteiger partial charge in [-0.3, -0.25) is 0 Å². The molecule has 0 amide bonds. The molecule has 0 atom stereocenters. The van der Waals surface area contributed by atoms with Gasteiger partial charge in [0.05, 0.1) is 11.6 Å². The van der Waals surface area contributed by atoms with E-state index in [1.165, 1.54) is 0 Å². The van der Waals surface area contributed by atoms with E-state index >= 15 is 0 Å². The quantitative estimate of drug-likeness (QED) is 0.870. The Morgan fingerprint density at radius 3 is 2.60 bits per heavy atom. The first kappa shape index (κ1) is 13.8. The van der Waals surface area contributed by atoms with E-state index in [4.69, 9.17) is 5.26 Å². The van der Waals surface area contributed by atoms with Crippen LogP contribution in [0.1, 0.15) is 24.6 Å². The standard InChI is InChI=1S/C15H17N5/c1-3-8-17-15-18-11(2)9-14(20-15)19-13-6-4-12(10-16)5-7-13/h4-7,9H,3,8H2,1-2H3,(H2,17,18,19,20). The number of nitriles is 1. The molecule has 0 bridgehead atoms. The van der Waals surface area contributed by atoms with Crippen molar-refractivity contribution in [3.05, 3.63) is 41.6 Å². The van der Waals surface area contributed by atoms with Gasteiger partial charge in [-0.1, -0.05) is 6.92 Å². The second-order valence-electron chi connectivity index (χ2n) is 4.46. The van der Waals surface area contributed by atoms with Gasteiger partial charge in [-0.15, -0.1) is 0 Å². The summed E-state index contributed by atoms with van der Waals surface area (Å²) in [5.41, 5.74) is 2.43. The Labute approximate surface area is 118 Å². The molecule has 0 saturated heterocycles. The number of hydrogen-bond donors (Lipinski definition) is 2. The zero-order valence-electron chi connectivity index (χ0n) is 11.6. The minimum atomic E-state index is 0.628. The van der Waals surface area contributed by atoms with Crippen molar-refractivity contribution < 1.29 is 0 Å². The maximum Gasteiger partial charge on any atom is 0.224 e. The van der Waals surface area contributed by atoms with Crippen LogP contribution >= 0.6 is 0 Å². The van der Waals surface area contributed by atoms with Crippen molar-refractivity contribution in [2.75, 3.05) is 17.2 Å². The number of benzene rings is 1. The van der Waals surface area contributed by atoms with Gasteiger partial charge in [0, 0.05) is 24.0 Å². The first-order chi connectivity index (χ1) is 9.71. The number of aryl methyl sites for hydroxylation is 1. The molecule has 0 unspecified atom stereocenters. The summed E-state index contributed by atoms with van der Waals surface area (Å²) in [4.78, 5) is 8.75. The minimum absolute atomic E-state index is 0.628. The van der Waals surface area contributed by atoms with Crippen LogP contribution in [0.3, 0.4) is 0 Å². The average molecular weight is 267 g/mol. The Balaban J connectivity index is 2.15. The topological polar surface area (TPSA) is 73.6 Å². The number of anilines is 3. The Kier molecular flexibility index (Phi) is 4.51. The van der Waals surface area contributed by atoms with Crippen LogP contribution in [0.2, 0.25) is 0 Å². The van der Waals surface area contributed by atoms with Gasteiger partial charge in [-0.25, -0.2) is 4.98 Å². The average Bonchev–Trinajstić information content (AvgIpc) is 2.45. The highest BCUT2D eigenvalue weighted by Gasteiger charge is 2.02. The summed E-state index contributed by atoms with van der Waals surface area (Å²) in [6.07, 6.45) is 1.02. The van der Waals surface area contributed by atoms with Gasteiger partial charge in [0.25, 0.3) is 0 Å². The minimum Gasteiger partial charge on any atom is -0.354 e. The first-order valence-electron chi connectivity index (χ1n) is 6.58. The molecule has 0 saturated carbocycles. The zero-order valence-corrected chi connectivity index (χ0v) is 11.6. The van der Waals surface area contributed by atoms with Crippen molar-refractivity contribution in [3.8, 4) is 6.07 Å². The van der Waals surface area contributed by atoms with E-state index < -0.39 is 0 Å². The number of nitrogens with one attached hydrogen (secondary N) is 2. The van der Waals surface area contributed by atoms with Crippen LogP contribution in [-0.4, -0.2) is 16.5 Å². The van der Waals surface area contributed by atoms with E-state index in [2.05, 4.69) is 33.6 Å². The molecule has 5 heteroatoms. The molecule has 0 aliphatic carbocycles. The number of hydrogen-bond acceptors (Lipinski definition) is 5. The predicted octanol–water partition coefficient (Wildman–Crippen LogP) is 3.22. The molecule has 5 nitrogen and oxygen atoms in total. The summed E-state index contributed by atoms with van der Waals surface area (Å²) in [6.45, 7) is 4.88. The van der Waals surface area contributed by atoms with Crippen molar-refractivity contribution >= 4 is 17.5 Å². The molecule has 0 spiro atoms. The number of aromatic nitrogens is 2. The van der Waals surface area contributed by atoms with Crippen molar-refractivity contribution in [2.45, 2.75) is 20.3 Å². The molecule has 0 fully saturated rings. The van der Waals surface area contributed by atoms with Crippen LogP contribution in [0, 0.1) is 18.3 Å². The lowest BCUT2D eigenvalue weighted by Gasteiger charge is -2.09. The van der Waals surface area contributed by atoms with Crippen LogP contribution in [0.5, 0.6) is 0 Å². The van der Waals surface area contributed by atoms with Crippen molar-refractivity contribution in [1.82, 2.24) is 9.97 Å². The SMILES string of the molecule is CCCNc1nc(C)cc(Nc2ccc(C#N)cc2)n1. The van der Waals surface area contributed by atoms with Gasteiger partial charge in [-0.2, -0.15) is 10.2 Å². The van der Waals surface area contributed by atoms with Crippen molar-refractivity contribution in [3.63, 3.8) is 0 Å². The Morgan fingerprint density at radius 1 is 1.20 bits per heavy atom. The van der Waals surface area contributed by atoms with Gasteiger partial charge in [0.15, 0.2) is 0 Å². The maximum absolute atomic E-state index is 8.77. The van der Waals surface area contributed by atoms with Crippen LogP contribution < -0.4 is 10.6 Å². The van der Waals surface area contributed by atoms with E-state index in [9.17, 15) is 0 Å². The van der Waals surface area contributed by atoms with Crippen molar-refractivity contribution in [1.29, 1.82) is 5.26 Å². The number of rotatable bonds is 5. The summed E-state index contributed by atoms with van der Waals surface area (Å²) in [5.74, 6) is 1.36. The Morgan fingerprint density at radius 2 is 1.95 bits per heavy atom. The Hall–Kier alpha value is -2.61. The molecule has 0 radical (unpaired) electrons. The fourth-order valence-electron chi connectivity index (χ4n) is 1.72. The fourth-order valence-corrected chi connectivity index (χ4v) is 1.72. The van der Waals surface area contributed by atoms with Crippen molar-refractivity contribution in [2.24, 2.45) is 0 Å². The smallest absolute Gasteiger partial charge is 0.224 e. The molecule has 2 rings (SSSR count). The van der Waals surface area contributed by atoms with E-state index in [1.54, 1.807) is 12.1 Å². The summed E-state index contributed by atoms with van der Waals surface area (Å²) in [7, 11) is 0. The van der Waals surface area contributed by atoms with Gasteiger partial charge in [0.2, 0.25) is 5.95 Å². The third-order valence-electron chi connectivity index (χ3n) is 2.67. The monoisotopic (exact) mass is 267 g/mol.